The van der Waals surface area contributed by atoms with E-state index in [4.69, 9.17) is 21.4 Å². The molecule has 126 valence electrons. The van der Waals surface area contributed by atoms with Crippen molar-refractivity contribution in [3.8, 4) is 6.07 Å². The highest BCUT2D eigenvalue weighted by molar-refractivity contribution is 6.32. The zero-order valence-corrected chi connectivity index (χ0v) is 14.6. The molecule has 1 aliphatic heterocycles. The lowest BCUT2D eigenvalue weighted by Crippen LogP contribution is -2.47. The van der Waals surface area contributed by atoms with Gasteiger partial charge >= 0.3 is 0 Å². The van der Waals surface area contributed by atoms with Gasteiger partial charge in [0.15, 0.2) is 5.82 Å². The molecule has 3 rings (SSSR count). The highest BCUT2D eigenvalue weighted by Gasteiger charge is 2.26. The summed E-state index contributed by atoms with van der Waals surface area (Å²) in [6, 6.07) is 7.80. The first-order valence-electron chi connectivity index (χ1n) is 8.13. The van der Waals surface area contributed by atoms with Gasteiger partial charge in [-0.1, -0.05) is 23.7 Å². The lowest BCUT2D eigenvalue weighted by atomic mass is 10.1. The molecule has 1 unspecified atom stereocenters. The number of nitriles is 1. The maximum absolute atomic E-state index is 8.97. The Labute approximate surface area is 146 Å². The van der Waals surface area contributed by atoms with Crippen molar-refractivity contribution in [3.63, 3.8) is 0 Å². The van der Waals surface area contributed by atoms with Crippen LogP contribution in [-0.2, 0) is 6.42 Å². The highest BCUT2D eigenvalue weighted by atomic mass is 35.5. The van der Waals surface area contributed by atoms with Crippen molar-refractivity contribution in [1.29, 1.82) is 5.26 Å². The Bertz CT molecular complexity index is 746. The van der Waals surface area contributed by atoms with Gasteiger partial charge in [0.2, 0.25) is 5.89 Å². The van der Waals surface area contributed by atoms with Crippen LogP contribution in [0.5, 0.6) is 0 Å². The van der Waals surface area contributed by atoms with Crippen molar-refractivity contribution < 1.29 is 4.52 Å². The number of rotatable bonds is 4. The summed E-state index contributed by atoms with van der Waals surface area (Å²) in [4.78, 5) is 9.05. The zero-order chi connectivity index (χ0) is 17.1. The lowest BCUT2D eigenvalue weighted by molar-refractivity contribution is 0.164. The fourth-order valence-electron chi connectivity index (χ4n) is 2.90. The smallest absolute Gasteiger partial charge is 0.243 e. The number of aryl methyl sites for hydroxylation is 1. The molecule has 0 aliphatic carbocycles. The summed E-state index contributed by atoms with van der Waals surface area (Å²) in [5, 5.41) is 13.4. The molecule has 0 amide bonds. The second-order valence-corrected chi connectivity index (χ2v) is 6.28. The first-order valence-corrected chi connectivity index (χ1v) is 8.51. The van der Waals surface area contributed by atoms with Crippen molar-refractivity contribution >= 4 is 17.3 Å². The molecule has 7 heteroatoms. The van der Waals surface area contributed by atoms with Gasteiger partial charge in [-0.25, -0.2) is 0 Å². The summed E-state index contributed by atoms with van der Waals surface area (Å²) in [6.07, 6.45) is 0.781. The normalized spacial score (nSPS) is 16.8. The second-order valence-electron chi connectivity index (χ2n) is 5.88. The maximum atomic E-state index is 8.97. The summed E-state index contributed by atoms with van der Waals surface area (Å²) >= 11 is 6.14. The predicted molar refractivity (Wildman–Crippen MR) is 92.0 cm³/mol. The minimum atomic E-state index is 0.115. The van der Waals surface area contributed by atoms with E-state index in [-0.39, 0.29) is 6.04 Å². The molecule has 24 heavy (non-hydrogen) atoms. The van der Waals surface area contributed by atoms with Crippen molar-refractivity contribution in [1.82, 2.24) is 15.0 Å². The van der Waals surface area contributed by atoms with E-state index in [9.17, 15) is 0 Å². The molecule has 1 fully saturated rings. The van der Waals surface area contributed by atoms with Crippen LogP contribution in [0.25, 0.3) is 0 Å². The van der Waals surface area contributed by atoms with E-state index in [0.29, 0.717) is 16.5 Å². The average Bonchev–Trinajstić information content (AvgIpc) is 3.10. The molecule has 0 spiro atoms. The Morgan fingerprint density at radius 3 is 2.67 bits per heavy atom. The molecule has 6 nitrogen and oxygen atoms in total. The van der Waals surface area contributed by atoms with Gasteiger partial charge in [-0.3, -0.25) is 4.90 Å². The molecule has 0 radical (unpaired) electrons. The molecule has 1 aliphatic rings. The molecule has 0 bridgehead atoms. The van der Waals surface area contributed by atoms with Crippen molar-refractivity contribution in [2.75, 3.05) is 31.1 Å². The van der Waals surface area contributed by atoms with Gasteiger partial charge in [-0.15, -0.1) is 0 Å². The molecule has 0 saturated carbocycles. The number of benzene rings is 1. The second kappa shape index (κ2) is 7.20. The fraction of sp³-hybridized carbons (Fsp3) is 0.471. The molecule has 0 N–H and O–H groups in total. The number of nitrogens with zero attached hydrogens (tertiary/aromatic N) is 5. The Morgan fingerprint density at radius 2 is 2.08 bits per heavy atom. The topological polar surface area (TPSA) is 69.2 Å². The minimum absolute atomic E-state index is 0.115. The summed E-state index contributed by atoms with van der Waals surface area (Å²) in [6.45, 7) is 7.70. The van der Waals surface area contributed by atoms with E-state index in [1.165, 1.54) is 0 Å². The number of hydrogen-bond acceptors (Lipinski definition) is 6. The number of aromatic nitrogens is 2. The van der Waals surface area contributed by atoms with E-state index in [1.54, 1.807) is 6.07 Å². The highest BCUT2D eigenvalue weighted by Crippen LogP contribution is 2.26. The van der Waals surface area contributed by atoms with Gasteiger partial charge < -0.3 is 9.42 Å². The molecule has 1 aromatic heterocycles. The quantitative estimate of drug-likeness (QED) is 0.848. The van der Waals surface area contributed by atoms with Gasteiger partial charge in [0.25, 0.3) is 0 Å². The number of piperazine rings is 1. The summed E-state index contributed by atoms with van der Waals surface area (Å²) in [5.74, 6) is 1.43. The Hall–Kier alpha value is -2.10. The van der Waals surface area contributed by atoms with Crippen LogP contribution in [0.2, 0.25) is 5.02 Å². The third-order valence-corrected chi connectivity index (χ3v) is 4.77. The van der Waals surface area contributed by atoms with Crippen LogP contribution in [0.3, 0.4) is 0 Å². The van der Waals surface area contributed by atoms with Gasteiger partial charge in [0.1, 0.15) is 6.07 Å². The zero-order valence-electron chi connectivity index (χ0n) is 13.9. The third-order valence-electron chi connectivity index (χ3n) is 4.46. The Morgan fingerprint density at radius 1 is 1.33 bits per heavy atom. The van der Waals surface area contributed by atoms with Crippen LogP contribution in [0, 0.1) is 11.3 Å². The van der Waals surface area contributed by atoms with E-state index in [0.717, 1.165) is 44.1 Å². The van der Waals surface area contributed by atoms with Gasteiger partial charge in [-0.2, -0.15) is 10.2 Å². The summed E-state index contributed by atoms with van der Waals surface area (Å²) in [5.41, 5.74) is 1.56. The van der Waals surface area contributed by atoms with Crippen molar-refractivity contribution in [2.45, 2.75) is 26.3 Å². The van der Waals surface area contributed by atoms with Gasteiger partial charge in [0.05, 0.1) is 16.6 Å². The van der Waals surface area contributed by atoms with Crippen molar-refractivity contribution in [3.05, 3.63) is 40.5 Å². The van der Waals surface area contributed by atoms with Crippen LogP contribution < -0.4 is 4.90 Å². The number of hydrogen-bond donors (Lipinski definition) is 0. The first-order chi connectivity index (χ1) is 11.6. The molecule has 1 saturated heterocycles. The largest absolute Gasteiger partial charge is 0.369 e. The van der Waals surface area contributed by atoms with Crippen molar-refractivity contribution in [2.24, 2.45) is 0 Å². The minimum Gasteiger partial charge on any atom is -0.369 e. The van der Waals surface area contributed by atoms with E-state index in [2.05, 4.69) is 32.9 Å². The SMILES string of the molecule is CCc1noc(C(C)N2CCN(c3ccc(C#N)c(Cl)c3)CC2)n1. The van der Waals surface area contributed by atoms with E-state index in [1.807, 2.05) is 19.1 Å². The summed E-state index contributed by atoms with van der Waals surface area (Å²) in [7, 11) is 0. The number of halogens is 1. The molecular weight excluding hydrogens is 326 g/mol. The van der Waals surface area contributed by atoms with Crippen LogP contribution >= 0.6 is 11.6 Å². The molecule has 1 aromatic carbocycles. The first kappa shape index (κ1) is 16.7. The van der Waals surface area contributed by atoms with Crippen LogP contribution in [0.1, 0.15) is 37.2 Å². The fourth-order valence-corrected chi connectivity index (χ4v) is 3.11. The predicted octanol–water partition coefficient (Wildman–Crippen LogP) is 3.04. The average molecular weight is 346 g/mol. The standard InChI is InChI=1S/C17H20ClN5O/c1-3-16-20-17(24-21-16)12(2)22-6-8-23(9-7-22)14-5-4-13(11-19)15(18)10-14/h4-5,10,12H,3,6-9H2,1-2H3. The Kier molecular flexibility index (Phi) is 5.03. The van der Waals surface area contributed by atoms with Gasteiger partial charge in [-0.05, 0) is 25.1 Å². The number of anilines is 1. The Balaban J connectivity index is 1.63. The third kappa shape index (κ3) is 3.37. The van der Waals surface area contributed by atoms with Crippen LogP contribution in [0.4, 0.5) is 5.69 Å². The van der Waals surface area contributed by atoms with Crippen LogP contribution in [-0.4, -0.2) is 41.2 Å². The van der Waals surface area contributed by atoms with Gasteiger partial charge in [0, 0.05) is 38.3 Å². The lowest BCUT2D eigenvalue weighted by Gasteiger charge is -2.38. The summed E-state index contributed by atoms with van der Waals surface area (Å²) < 4.78 is 5.36. The molecule has 2 aromatic rings. The van der Waals surface area contributed by atoms with Crippen LogP contribution in [0.15, 0.2) is 22.7 Å². The molecule has 1 atom stereocenters. The molecule has 2 heterocycles. The van der Waals surface area contributed by atoms with E-state index < -0.39 is 0 Å². The molecular formula is C17H20ClN5O. The van der Waals surface area contributed by atoms with E-state index >= 15 is 0 Å². The maximum Gasteiger partial charge on any atom is 0.243 e. The monoisotopic (exact) mass is 345 g/mol.